The van der Waals surface area contributed by atoms with Crippen LogP contribution in [0.1, 0.15) is 18.9 Å². The molecule has 4 heteroatoms. The zero-order valence-electron chi connectivity index (χ0n) is 17.4. The van der Waals surface area contributed by atoms with Gasteiger partial charge in [0.2, 0.25) is 0 Å². The average molecular weight is 389 g/mol. The van der Waals surface area contributed by atoms with E-state index in [1.54, 1.807) is 0 Å². The molecule has 0 spiro atoms. The van der Waals surface area contributed by atoms with E-state index in [0.717, 1.165) is 19.1 Å². The van der Waals surface area contributed by atoms with Crippen molar-refractivity contribution in [3.63, 3.8) is 0 Å². The van der Waals surface area contributed by atoms with Crippen LogP contribution in [0.5, 0.6) is 0 Å². The van der Waals surface area contributed by atoms with E-state index in [0.29, 0.717) is 13.4 Å². The van der Waals surface area contributed by atoms with E-state index >= 15 is 0 Å². The van der Waals surface area contributed by atoms with Gasteiger partial charge in [-0.3, -0.25) is 0 Å². The topological polar surface area (TPSA) is 27.7 Å². The monoisotopic (exact) mass is 388 g/mol. The molecule has 0 saturated carbocycles. The molecule has 0 aromatic heterocycles. The van der Waals surface area contributed by atoms with Gasteiger partial charge in [0, 0.05) is 14.7 Å². The molecule has 0 unspecified atom stereocenters. The fourth-order valence-corrected chi connectivity index (χ4v) is 2.97. The predicted octanol–water partition coefficient (Wildman–Crippen LogP) is 5.93. The molecule has 0 heterocycles. The summed E-state index contributed by atoms with van der Waals surface area (Å²) in [5.41, 5.74) is 1.18. The number of benzene rings is 1. The highest BCUT2D eigenvalue weighted by atomic mass is 28.3. The molecule has 0 amide bonds. The summed E-state index contributed by atoms with van der Waals surface area (Å²) in [6.45, 7) is 14.6. The molecule has 27 heavy (non-hydrogen) atoms. The molecule has 0 radical (unpaired) electrons. The number of hydrogen-bond donors (Lipinski definition) is 0. The largest absolute Gasteiger partial charge is 0.370 e. The van der Waals surface area contributed by atoms with Crippen LogP contribution in [0.2, 0.25) is 25.7 Å². The molecule has 1 aromatic carbocycles. The zero-order chi connectivity index (χ0) is 20.0. The molecule has 0 bridgehead atoms. The Morgan fingerprint density at radius 1 is 1.07 bits per heavy atom. The van der Waals surface area contributed by atoms with Gasteiger partial charge >= 0.3 is 0 Å². The third-order valence-electron chi connectivity index (χ3n) is 3.97. The van der Waals surface area contributed by atoms with Crippen molar-refractivity contribution >= 4 is 14.1 Å². The van der Waals surface area contributed by atoms with Crippen LogP contribution in [0.4, 0.5) is 0 Å². The Balaban J connectivity index is 2.17. The Morgan fingerprint density at radius 3 is 2.48 bits per heavy atom. The molecule has 0 fully saturated rings. The van der Waals surface area contributed by atoms with Crippen molar-refractivity contribution in [1.29, 1.82) is 0 Å². The second-order valence-electron chi connectivity index (χ2n) is 7.79. The van der Waals surface area contributed by atoms with Crippen molar-refractivity contribution in [3.8, 4) is 0 Å². The first-order valence-corrected chi connectivity index (χ1v) is 13.4. The first-order chi connectivity index (χ1) is 12.9. The van der Waals surface area contributed by atoms with Gasteiger partial charge < -0.3 is 14.2 Å². The van der Waals surface area contributed by atoms with Gasteiger partial charge in [0.1, 0.15) is 6.79 Å². The Morgan fingerprint density at radius 2 is 1.81 bits per heavy atom. The van der Waals surface area contributed by atoms with Crippen LogP contribution >= 0.6 is 0 Å². The van der Waals surface area contributed by atoms with Crippen LogP contribution in [-0.2, 0) is 14.2 Å². The van der Waals surface area contributed by atoms with Gasteiger partial charge in [0.25, 0.3) is 0 Å². The first kappa shape index (κ1) is 23.6. The molecule has 0 saturated heterocycles. The van der Waals surface area contributed by atoms with Crippen molar-refractivity contribution in [2.75, 3.05) is 20.0 Å². The van der Waals surface area contributed by atoms with E-state index < -0.39 is 8.07 Å². The lowest BCUT2D eigenvalue weighted by atomic mass is 10.2. The molecular weight excluding hydrogens is 352 g/mol. The molecule has 1 rings (SSSR count). The van der Waals surface area contributed by atoms with Crippen molar-refractivity contribution < 1.29 is 14.2 Å². The van der Waals surface area contributed by atoms with Gasteiger partial charge in [0.15, 0.2) is 0 Å². The molecule has 2 atom stereocenters. The number of rotatable bonds is 14. The summed E-state index contributed by atoms with van der Waals surface area (Å²) in [5, 5.41) is 0. The van der Waals surface area contributed by atoms with Crippen molar-refractivity contribution in [2.24, 2.45) is 0 Å². The van der Waals surface area contributed by atoms with Gasteiger partial charge in [-0.1, -0.05) is 80.4 Å². The van der Waals surface area contributed by atoms with Gasteiger partial charge in [-0.2, -0.15) is 0 Å². The van der Waals surface area contributed by atoms with Gasteiger partial charge in [-0.15, -0.1) is 6.58 Å². The smallest absolute Gasteiger partial charge is 0.147 e. The summed E-state index contributed by atoms with van der Waals surface area (Å²) in [4.78, 5) is 0. The Hall–Kier alpha value is -1.46. The molecule has 0 N–H and O–H groups in total. The summed E-state index contributed by atoms with van der Waals surface area (Å²) in [6.07, 6.45) is 10.9. The average Bonchev–Trinajstić information content (AvgIpc) is 2.63. The van der Waals surface area contributed by atoms with E-state index in [2.05, 4.69) is 50.5 Å². The Bertz CT molecular complexity index is 561. The van der Waals surface area contributed by atoms with Crippen LogP contribution in [0.15, 0.2) is 61.2 Å². The molecule has 150 valence electrons. The van der Waals surface area contributed by atoms with E-state index in [1.165, 1.54) is 5.56 Å². The van der Waals surface area contributed by atoms with E-state index in [9.17, 15) is 0 Å². The van der Waals surface area contributed by atoms with Crippen molar-refractivity contribution in [1.82, 2.24) is 0 Å². The molecule has 0 aliphatic rings. The minimum Gasteiger partial charge on any atom is -0.370 e. The van der Waals surface area contributed by atoms with Crippen molar-refractivity contribution in [2.45, 2.75) is 51.2 Å². The van der Waals surface area contributed by atoms with Crippen molar-refractivity contribution in [3.05, 3.63) is 66.8 Å². The van der Waals surface area contributed by atoms with Crippen LogP contribution in [-0.4, -0.2) is 40.3 Å². The Labute approximate surface area is 166 Å². The lowest BCUT2D eigenvalue weighted by Gasteiger charge is -2.16. The van der Waals surface area contributed by atoms with Gasteiger partial charge in [-0.25, -0.2) is 0 Å². The quantitative estimate of drug-likeness (QED) is 0.171. The maximum atomic E-state index is 5.82. The zero-order valence-corrected chi connectivity index (χ0v) is 18.4. The summed E-state index contributed by atoms with van der Waals surface area (Å²) in [7, 11) is -1.03. The number of ether oxygens (including phenoxy) is 3. The summed E-state index contributed by atoms with van der Waals surface area (Å²) in [6, 6.07) is 11.4. The molecule has 3 nitrogen and oxygen atoms in total. The standard InChI is InChI=1S/C23H36O3Si/c1-6-23(25-17-11-15-22-13-8-7-9-14-22)16-10-12-21(2)26-20-24-18-19-27(3,4)5/h6-15,21,23H,1,16-20H2,2-5H3/b12-10-,15-11+/t21-,23-/m1/s1. The summed E-state index contributed by atoms with van der Waals surface area (Å²) >= 11 is 0. The molecule has 1 aromatic rings. The van der Waals surface area contributed by atoms with E-state index in [1.807, 2.05) is 43.4 Å². The summed E-state index contributed by atoms with van der Waals surface area (Å²) < 4.78 is 17.0. The fraction of sp³-hybridized carbons (Fsp3) is 0.478. The highest BCUT2D eigenvalue weighted by Gasteiger charge is 2.12. The van der Waals surface area contributed by atoms with Gasteiger partial charge in [0.05, 0.1) is 18.8 Å². The molecular formula is C23H36O3Si. The third kappa shape index (κ3) is 13.4. The third-order valence-corrected chi connectivity index (χ3v) is 5.67. The maximum Gasteiger partial charge on any atom is 0.147 e. The lowest BCUT2D eigenvalue weighted by Crippen LogP contribution is -2.22. The van der Waals surface area contributed by atoms with Crippen LogP contribution in [0.3, 0.4) is 0 Å². The van der Waals surface area contributed by atoms with Crippen LogP contribution < -0.4 is 0 Å². The van der Waals surface area contributed by atoms with Gasteiger partial charge in [-0.05, 0) is 25.0 Å². The van der Waals surface area contributed by atoms with Crippen LogP contribution in [0.25, 0.3) is 6.08 Å². The maximum absolute atomic E-state index is 5.82. The highest BCUT2D eigenvalue weighted by Crippen LogP contribution is 2.08. The fourth-order valence-electron chi connectivity index (χ4n) is 2.21. The summed E-state index contributed by atoms with van der Waals surface area (Å²) in [5.74, 6) is 0. The molecule has 0 aliphatic heterocycles. The van der Waals surface area contributed by atoms with E-state index in [4.69, 9.17) is 14.2 Å². The predicted molar refractivity (Wildman–Crippen MR) is 119 cm³/mol. The second kappa shape index (κ2) is 13.7. The van der Waals surface area contributed by atoms with E-state index in [-0.39, 0.29) is 12.2 Å². The number of hydrogen-bond acceptors (Lipinski definition) is 3. The normalized spacial score (nSPS) is 14.7. The first-order valence-electron chi connectivity index (χ1n) is 9.72. The SMILES string of the molecule is C=C[C@H](C/C=C\[C@@H](C)OCOCC[Si](C)(C)C)OC/C=C/c1ccccc1. The lowest BCUT2D eigenvalue weighted by molar-refractivity contribution is -0.0666. The second-order valence-corrected chi connectivity index (χ2v) is 13.4. The van der Waals surface area contributed by atoms with Crippen LogP contribution in [0, 0.1) is 0 Å². The molecule has 0 aliphatic carbocycles. The Kier molecular flexibility index (Phi) is 11.9. The highest BCUT2D eigenvalue weighted by molar-refractivity contribution is 6.76. The minimum absolute atomic E-state index is 0.00173. The minimum atomic E-state index is -1.03.